The average Bonchev–Trinajstić information content (AvgIpc) is 2.36. The third-order valence-electron chi connectivity index (χ3n) is 2.73. The summed E-state index contributed by atoms with van der Waals surface area (Å²) in [4.78, 5) is 22.3. The van der Waals surface area contributed by atoms with Crippen molar-refractivity contribution >= 4 is 22.7 Å². The molecule has 98 valence electrons. The summed E-state index contributed by atoms with van der Waals surface area (Å²) in [6, 6.07) is 4.83. The molecule has 0 atom stereocenters. The summed E-state index contributed by atoms with van der Waals surface area (Å²) >= 11 is 0. The van der Waals surface area contributed by atoms with E-state index >= 15 is 0 Å². The van der Waals surface area contributed by atoms with Crippen LogP contribution in [0.5, 0.6) is 5.75 Å². The van der Waals surface area contributed by atoms with E-state index in [4.69, 9.17) is 14.9 Å². The number of halogens is 1. The van der Waals surface area contributed by atoms with Crippen molar-refractivity contribution in [3.8, 4) is 5.75 Å². The number of hydrogen-bond acceptors (Lipinski definition) is 3. The Morgan fingerprint density at radius 1 is 1.16 bits per heavy atom. The average molecular weight is 264 g/mol. The van der Waals surface area contributed by atoms with Crippen molar-refractivity contribution in [3.63, 3.8) is 0 Å². The van der Waals surface area contributed by atoms with Crippen LogP contribution in [0.2, 0.25) is 0 Å². The van der Waals surface area contributed by atoms with Crippen LogP contribution in [0.25, 0.3) is 10.8 Å². The number of rotatable bonds is 3. The van der Waals surface area contributed by atoms with Gasteiger partial charge in [-0.25, -0.2) is 14.0 Å². The van der Waals surface area contributed by atoms with Gasteiger partial charge in [-0.05, 0) is 12.1 Å². The number of ether oxygens (including phenoxy) is 1. The molecule has 0 aromatic heterocycles. The van der Waals surface area contributed by atoms with Crippen LogP contribution in [-0.2, 0) is 0 Å². The van der Waals surface area contributed by atoms with E-state index < -0.39 is 23.3 Å². The minimum Gasteiger partial charge on any atom is -0.493 e. The topological polar surface area (TPSA) is 83.8 Å². The minimum absolute atomic E-state index is 0.0549. The summed E-state index contributed by atoms with van der Waals surface area (Å²) in [7, 11) is 1.23. The van der Waals surface area contributed by atoms with E-state index in [9.17, 15) is 14.0 Å². The first-order valence-electron chi connectivity index (χ1n) is 5.23. The van der Waals surface area contributed by atoms with E-state index in [0.717, 1.165) is 6.07 Å². The molecule has 0 saturated carbocycles. The Bertz CT molecular complexity index is 693. The Morgan fingerprint density at radius 2 is 1.79 bits per heavy atom. The molecule has 6 heteroatoms. The second-order valence-electron chi connectivity index (χ2n) is 3.78. The maximum absolute atomic E-state index is 13.7. The van der Waals surface area contributed by atoms with E-state index in [0.29, 0.717) is 0 Å². The summed E-state index contributed by atoms with van der Waals surface area (Å²) in [5, 5.41) is 18.2. The molecule has 0 aliphatic carbocycles. The molecule has 19 heavy (non-hydrogen) atoms. The third-order valence-corrected chi connectivity index (χ3v) is 2.73. The summed E-state index contributed by atoms with van der Waals surface area (Å²) in [5.41, 5.74) is -0.625. The van der Waals surface area contributed by atoms with Gasteiger partial charge in [0.05, 0.1) is 18.2 Å². The molecule has 0 bridgehead atoms. The molecule has 2 rings (SSSR count). The van der Waals surface area contributed by atoms with Gasteiger partial charge in [0.1, 0.15) is 0 Å². The normalized spacial score (nSPS) is 10.4. The zero-order valence-electron chi connectivity index (χ0n) is 9.81. The number of carboxylic acids is 2. The number of aromatic carboxylic acids is 2. The first-order chi connectivity index (χ1) is 8.97. The van der Waals surface area contributed by atoms with Gasteiger partial charge in [0.15, 0.2) is 11.6 Å². The number of methoxy groups -OCH3 is 1. The van der Waals surface area contributed by atoms with E-state index in [1.165, 1.54) is 25.3 Å². The monoisotopic (exact) mass is 264 g/mol. The quantitative estimate of drug-likeness (QED) is 0.889. The van der Waals surface area contributed by atoms with Gasteiger partial charge < -0.3 is 14.9 Å². The molecule has 0 spiro atoms. The van der Waals surface area contributed by atoms with Gasteiger partial charge in [-0.15, -0.1) is 0 Å². The Balaban J connectivity index is 3.03. The summed E-state index contributed by atoms with van der Waals surface area (Å²) in [6.07, 6.45) is 0. The number of fused-ring (bicyclic) bond motifs is 1. The molecule has 0 aliphatic rings. The number of hydrogen-bond donors (Lipinski definition) is 2. The lowest BCUT2D eigenvalue weighted by Gasteiger charge is -2.11. The van der Waals surface area contributed by atoms with Crippen LogP contribution in [0.3, 0.4) is 0 Å². The van der Waals surface area contributed by atoms with Crippen molar-refractivity contribution < 1.29 is 28.9 Å². The van der Waals surface area contributed by atoms with Crippen LogP contribution in [-0.4, -0.2) is 29.3 Å². The van der Waals surface area contributed by atoms with Crippen molar-refractivity contribution in [1.29, 1.82) is 0 Å². The van der Waals surface area contributed by atoms with Gasteiger partial charge in [0.2, 0.25) is 0 Å². The van der Waals surface area contributed by atoms with E-state index in [1.54, 1.807) is 0 Å². The molecule has 0 aliphatic heterocycles. The number of benzene rings is 2. The smallest absolute Gasteiger partial charge is 0.336 e. The maximum atomic E-state index is 13.7. The maximum Gasteiger partial charge on any atom is 0.336 e. The van der Waals surface area contributed by atoms with E-state index in [1.807, 2.05) is 0 Å². The molecule has 0 heterocycles. The first-order valence-corrected chi connectivity index (χ1v) is 5.23. The first kappa shape index (κ1) is 12.8. The van der Waals surface area contributed by atoms with Gasteiger partial charge in [0, 0.05) is 10.8 Å². The fourth-order valence-corrected chi connectivity index (χ4v) is 1.98. The minimum atomic E-state index is -1.40. The highest BCUT2D eigenvalue weighted by atomic mass is 19.1. The van der Waals surface area contributed by atoms with Gasteiger partial charge >= 0.3 is 11.9 Å². The molecule has 2 N–H and O–H groups in total. The van der Waals surface area contributed by atoms with Crippen LogP contribution >= 0.6 is 0 Å². The molecule has 5 nitrogen and oxygen atoms in total. The number of carbonyl (C=O) groups is 2. The van der Waals surface area contributed by atoms with Crippen molar-refractivity contribution in [2.24, 2.45) is 0 Å². The second-order valence-corrected chi connectivity index (χ2v) is 3.78. The highest BCUT2D eigenvalue weighted by molar-refractivity contribution is 6.14. The fraction of sp³-hybridized carbons (Fsp3) is 0.0769. The van der Waals surface area contributed by atoms with Gasteiger partial charge in [0.25, 0.3) is 0 Å². The molecule has 0 fully saturated rings. The molecular formula is C13H9FO5. The van der Waals surface area contributed by atoms with Crippen LogP contribution in [0.15, 0.2) is 24.3 Å². The van der Waals surface area contributed by atoms with Crippen molar-refractivity contribution in [2.75, 3.05) is 7.11 Å². The summed E-state index contributed by atoms with van der Waals surface area (Å²) in [5.74, 6) is -3.72. The lowest BCUT2D eigenvalue weighted by Crippen LogP contribution is -2.06. The molecule has 0 saturated heterocycles. The summed E-state index contributed by atoms with van der Waals surface area (Å²) < 4.78 is 18.6. The van der Waals surface area contributed by atoms with Crippen LogP contribution in [0.4, 0.5) is 4.39 Å². The molecule has 0 unspecified atom stereocenters. The van der Waals surface area contributed by atoms with Crippen molar-refractivity contribution in [1.82, 2.24) is 0 Å². The Hall–Kier alpha value is -2.63. The fourth-order valence-electron chi connectivity index (χ4n) is 1.98. The predicted octanol–water partition coefficient (Wildman–Crippen LogP) is 2.38. The third kappa shape index (κ3) is 1.97. The summed E-state index contributed by atoms with van der Waals surface area (Å²) in [6.45, 7) is 0. The van der Waals surface area contributed by atoms with Gasteiger partial charge in [-0.2, -0.15) is 0 Å². The van der Waals surface area contributed by atoms with E-state index in [-0.39, 0.29) is 22.1 Å². The molecular weight excluding hydrogens is 255 g/mol. The predicted molar refractivity (Wildman–Crippen MR) is 64.4 cm³/mol. The SMILES string of the molecule is COc1c(F)cc(C(=O)O)c2c(C(=O)O)cccc12. The molecule has 2 aromatic rings. The van der Waals surface area contributed by atoms with Crippen LogP contribution < -0.4 is 4.74 Å². The number of carboxylic acid groups (broad SMARTS) is 2. The highest BCUT2D eigenvalue weighted by Crippen LogP contribution is 2.33. The zero-order chi connectivity index (χ0) is 14.2. The highest BCUT2D eigenvalue weighted by Gasteiger charge is 2.21. The largest absolute Gasteiger partial charge is 0.493 e. The molecule has 0 amide bonds. The van der Waals surface area contributed by atoms with Gasteiger partial charge in [-0.1, -0.05) is 12.1 Å². The van der Waals surface area contributed by atoms with Gasteiger partial charge in [-0.3, -0.25) is 0 Å². The molecule has 0 radical (unpaired) electrons. The zero-order valence-corrected chi connectivity index (χ0v) is 9.81. The van der Waals surface area contributed by atoms with Crippen molar-refractivity contribution in [3.05, 3.63) is 41.2 Å². The van der Waals surface area contributed by atoms with Crippen LogP contribution in [0.1, 0.15) is 20.7 Å². The lowest BCUT2D eigenvalue weighted by molar-refractivity contribution is 0.0695. The van der Waals surface area contributed by atoms with E-state index in [2.05, 4.69) is 0 Å². The standard InChI is InChI=1S/C13H9FO5/c1-19-11-6-3-2-4-7(12(15)16)10(6)8(13(17)18)5-9(11)14/h2-5H,1H3,(H,15,16)(H,17,18). The lowest BCUT2D eigenvalue weighted by atomic mass is 9.98. The Morgan fingerprint density at radius 3 is 2.32 bits per heavy atom. The Kier molecular flexibility index (Phi) is 3.08. The second kappa shape index (κ2) is 4.56. The van der Waals surface area contributed by atoms with Crippen molar-refractivity contribution in [2.45, 2.75) is 0 Å². The van der Waals surface area contributed by atoms with Crippen LogP contribution in [0, 0.1) is 5.82 Å². The Labute approximate surface area is 106 Å². The molecule has 2 aromatic carbocycles.